The highest BCUT2D eigenvalue weighted by Crippen LogP contribution is 2.20. The number of carbonyl (C=O) groups excluding carboxylic acids is 2. The lowest BCUT2D eigenvalue weighted by molar-refractivity contribution is -0.119. The van der Waals surface area contributed by atoms with Crippen molar-refractivity contribution in [3.8, 4) is 0 Å². The van der Waals surface area contributed by atoms with E-state index in [0.29, 0.717) is 18.9 Å². The van der Waals surface area contributed by atoms with Crippen molar-refractivity contribution in [3.05, 3.63) is 36.0 Å². The smallest absolute Gasteiger partial charge is 0.320 e. The highest BCUT2D eigenvalue weighted by atomic mass is 16.2. The van der Waals surface area contributed by atoms with E-state index in [0.717, 1.165) is 16.3 Å². The van der Waals surface area contributed by atoms with Gasteiger partial charge in [-0.15, -0.1) is 0 Å². The topological polar surface area (TPSA) is 83.1 Å². The molecule has 110 valence electrons. The molecule has 1 aromatic carbocycles. The first kappa shape index (κ1) is 14.8. The van der Waals surface area contributed by atoms with Crippen molar-refractivity contribution < 1.29 is 9.59 Å². The summed E-state index contributed by atoms with van der Waals surface area (Å²) in [6, 6.07) is 7.32. The summed E-state index contributed by atoms with van der Waals surface area (Å²) in [6.45, 7) is 4.34. The molecule has 0 radical (unpaired) electrons. The molecule has 2 rings (SSSR count). The Morgan fingerprint density at radius 2 is 2.05 bits per heavy atom. The van der Waals surface area contributed by atoms with Crippen molar-refractivity contribution in [2.45, 2.75) is 20.4 Å². The molecule has 6 heteroatoms. The Balaban J connectivity index is 2.24. The second kappa shape index (κ2) is 6.69. The fraction of sp³-hybridized carbons (Fsp3) is 0.267. The van der Waals surface area contributed by atoms with Crippen LogP contribution in [0.25, 0.3) is 10.8 Å². The first-order chi connectivity index (χ1) is 10.1. The summed E-state index contributed by atoms with van der Waals surface area (Å²) in [4.78, 5) is 26.7. The SMILES string of the molecule is CCNC(=O)Nc1cc2cccc(CNC(C)=O)c2cn1. The molecule has 0 spiro atoms. The second-order valence-corrected chi connectivity index (χ2v) is 4.60. The Hall–Kier alpha value is -2.63. The molecule has 0 aliphatic heterocycles. The molecular weight excluding hydrogens is 268 g/mol. The number of nitrogens with one attached hydrogen (secondary N) is 3. The van der Waals surface area contributed by atoms with Gasteiger partial charge in [-0.3, -0.25) is 10.1 Å². The molecule has 6 nitrogen and oxygen atoms in total. The monoisotopic (exact) mass is 286 g/mol. The highest BCUT2D eigenvalue weighted by Gasteiger charge is 2.05. The Morgan fingerprint density at radius 3 is 2.76 bits per heavy atom. The Morgan fingerprint density at radius 1 is 1.24 bits per heavy atom. The molecule has 0 atom stereocenters. The van der Waals surface area contributed by atoms with Crippen LogP contribution in [0, 0.1) is 0 Å². The van der Waals surface area contributed by atoms with E-state index in [1.54, 1.807) is 6.20 Å². The average molecular weight is 286 g/mol. The number of hydrogen-bond acceptors (Lipinski definition) is 3. The van der Waals surface area contributed by atoms with Crippen molar-refractivity contribution in [2.75, 3.05) is 11.9 Å². The van der Waals surface area contributed by atoms with Gasteiger partial charge >= 0.3 is 6.03 Å². The van der Waals surface area contributed by atoms with Crippen molar-refractivity contribution >= 4 is 28.5 Å². The van der Waals surface area contributed by atoms with Crippen LogP contribution in [0.2, 0.25) is 0 Å². The minimum absolute atomic E-state index is 0.0746. The fourth-order valence-electron chi connectivity index (χ4n) is 2.00. The zero-order valence-corrected chi connectivity index (χ0v) is 12.1. The second-order valence-electron chi connectivity index (χ2n) is 4.60. The van der Waals surface area contributed by atoms with Gasteiger partial charge in [0.2, 0.25) is 5.91 Å². The molecule has 1 aromatic heterocycles. The number of rotatable bonds is 4. The summed E-state index contributed by atoms with van der Waals surface area (Å²) in [6.07, 6.45) is 1.70. The van der Waals surface area contributed by atoms with Crippen molar-refractivity contribution in [3.63, 3.8) is 0 Å². The minimum Gasteiger partial charge on any atom is -0.352 e. The third-order valence-electron chi connectivity index (χ3n) is 2.96. The van der Waals surface area contributed by atoms with Crippen LogP contribution in [0.4, 0.5) is 10.6 Å². The van der Waals surface area contributed by atoms with Gasteiger partial charge in [0, 0.05) is 31.6 Å². The number of hydrogen-bond donors (Lipinski definition) is 3. The maximum absolute atomic E-state index is 11.5. The lowest BCUT2D eigenvalue weighted by Gasteiger charge is -2.09. The van der Waals surface area contributed by atoms with Gasteiger partial charge in [0.05, 0.1) is 0 Å². The molecule has 0 unspecified atom stereocenters. The first-order valence-corrected chi connectivity index (χ1v) is 6.77. The van der Waals surface area contributed by atoms with E-state index in [1.165, 1.54) is 6.92 Å². The van der Waals surface area contributed by atoms with Gasteiger partial charge in [0.25, 0.3) is 0 Å². The molecule has 0 bridgehead atoms. The number of aromatic nitrogens is 1. The van der Waals surface area contributed by atoms with E-state index < -0.39 is 0 Å². The number of carbonyl (C=O) groups is 2. The zero-order valence-electron chi connectivity index (χ0n) is 12.1. The van der Waals surface area contributed by atoms with Crippen LogP contribution in [-0.2, 0) is 11.3 Å². The Bertz CT molecular complexity index is 670. The van der Waals surface area contributed by atoms with Crippen LogP contribution in [0.1, 0.15) is 19.4 Å². The third kappa shape index (κ3) is 3.92. The predicted octanol–water partition coefficient (Wildman–Crippen LogP) is 2.01. The summed E-state index contributed by atoms with van der Waals surface area (Å²) < 4.78 is 0. The number of urea groups is 1. The number of fused-ring (bicyclic) bond motifs is 1. The van der Waals surface area contributed by atoms with E-state index >= 15 is 0 Å². The fourth-order valence-corrected chi connectivity index (χ4v) is 2.00. The van der Waals surface area contributed by atoms with Gasteiger partial charge < -0.3 is 10.6 Å². The molecule has 0 saturated carbocycles. The van der Waals surface area contributed by atoms with Crippen LogP contribution >= 0.6 is 0 Å². The number of amides is 3. The first-order valence-electron chi connectivity index (χ1n) is 6.77. The molecule has 3 N–H and O–H groups in total. The van der Waals surface area contributed by atoms with Gasteiger partial charge in [-0.1, -0.05) is 18.2 Å². The zero-order chi connectivity index (χ0) is 15.2. The third-order valence-corrected chi connectivity index (χ3v) is 2.96. The van der Waals surface area contributed by atoms with Gasteiger partial charge in [0.1, 0.15) is 5.82 Å². The molecule has 1 heterocycles. The van der Waals surface area contributed by atoms with Gasteiger partial charge in [-0.05, 0) is 23.9 Å². The summed E-state index contributed by atoms with van der Waals surface area (Å²) in [7, 11) is 0. The normalized spacial score (nSPS) is 10.2. The van der Waals surface area contributed by atoms with E-state index in [1.807, 2.05) is 31.2 Å². The number of anilines is 1. The molecular formula is C15H18N4O2. The summed E-state index contributed by atoms with van der Waals surface area (Å²) >= 11 is 0. The average Bonchev–Trinajstić information content (AvgIpc) is 2.44. The molecule has 21 heavy (non-hydrogen) atoms. The molecule has 2 aromatic rings. The van der Waals surface area contributed by atoms with Crippen LogP contribution in [0.15, 0.2) is 30.5 Å². The lowest BCUT2D eigenvalue weighted by Crippen LogP contribution is -2.28. The maximum atomic E-state index is 11.5. The van der Waals surface area contributed by atoms with Crippen molar-refractivity contribution in [1.29, 1.82) is 0 Å². The summed E-state index contributed by atoms with van der Waals surface area (Å²) in [5.41, 5.74) is 0.986. The van der Waals surface area contributed by atoms with E-state index in [4.69, 9.17) is 0 Å². The lowest BCUT2D eigenvalue weighted by atomic mass is 10.1. The predicted molar refractivity (Wildman–Crippen MR) is 82.0 cm³/mol. The van der Waals surface area contributed by atoms with Crippen LogP contribution in [-0.4, -0.2) is 23.5 Å². The van der Waals surface area contributed by atoms with Crippen LogP contribution in [0.3, 0.4) is 0 Å². The van der Waals surface area contributed by atoms with E-state index in [2.05, 4.69) is 20.9 Å². The molecule has 0 saturated heterocycles. The van der Waals surface area contributed by atoms with Gasteiger partial charge in [-0.2, -0.15) is 0 Å². The van der Waals surface area contributed by atoms with Gasteiger partial charge in [0.15, 0.2) is 0 Å². The number of nitrogens with zero attached hydrogens (tertiary/aromatic N) is 1. The van der Waals surface area contributed by atoms with Gasteiger partial charge in [-0.25, -0.2) is 9.78 Å². The summed E-state index contributed by atoms with van der Waals surface area (Å²) in [5, 5.41) is 10.0. The van der Waals surface area contributed by atoms with E-state index in [9.17, 15) is 9.59 Å². The van der Waals surface area contributed by atoms with Crippen molar-refractivity contribution in [1.82, 2.24) is 15.6 Å². The van der Waals surface area contributed by atoms with Crippen LogP contribution < -0.4 is 16.0 Å². The quantitative estimate of drug-likeness (QED) is 0.804. The molecule has 0 aliphatic carbocycles. The standard InChI is InChI=1S/C15H18N4O2/c1-3-16-15(21)19-14-7-11-5-4-6-12(8-17-10(2)20)13(11)9-18-14/h4-7,9H,3,8H2,1-2H3,(H,17,20)(H2,16,18,19,21). The Kier molecular flexibility index (Phi) is 4.71. The number of pyridine rings is 1. The minimum atomic E-state index is -0.279. The largest absolute Gasteiger partial charge is 0.352 e. The van der Waals surface area contributed by atoms with E-state index in [-0.39, 0.29) is 11.9 Å². The van der Waals surface area contributed by atoms with Crippen LogP contribution in [0.5, 0.6) is 0 Å². The molecule has 0 fully saturated rings. The molecule has 3 amide bonds. The summed E-state index contributed by atoms with van der Waals surface area (Å²) in [5.74, 6) is 0.416. The maximum Gasteiger partial charge on any atom is 0.320 e. The number of benzene rings is 1. The highest BCUT2D eigenvalue weighted by molar-refractivity contribution is 5.92. The Labute approximate surface area is 122 Å². The van der Waals surface area contributed by atoms with Crippen molar-refractivity contribution in [2.24, 2.45) is 0 Å². The molecule has 0 aliphatic rings.